The summed E-state index contributed by atoms with van der Waals surface area (Å²) in [6.07, 6.45) is 0. The molecule has 0 N–H and O–H groups in total. The summed E-state index contributed by atoms with van der Waals surface area (Å²) in [4.78, 5) is 4.93. The van der Waals surface area contributed by atoms with E-state index in [1.165, 1.54) is 26.2 Å². The SMILES string of the molecule is CC(C)(C)COCCN1CC2(C1)CN(COC(C)(C)C)C2. The lowest BCUT2D eigenvalue weighted by atomic mass is 9.73. The van der Waals surface area contributed by atoms with E-state index in [1.54, 1.807) is 0 Å². The quantitative estimate of drug-likeness (QED) is 0.703. The van der Waals surface area contributed by atoms with Crippen LogP contribution in [0.5, 0.6) is 0 Å². The first-order valence-corrected chi connectivity index (χ1v) is 8.24. The van der Waals surface area contributed by atoms with Crippen molar-refractivity contribution in [2.45, 2.75) is 47.1 Å². The minimum absolute atomic E-state index is 0.0290. The molecule has 2 heterocycles. The van der Waals surface area contributed by atoms with Crippen LogP contribution in [0.3, 0.4) is 0 Å². The molecule has 0 aromatic heterocycles. The smallest absolute Gasteiger partial charge is 0.0997 e. The Morgan fingerprint density at radius 2 is 1.48 bits per heavy atom. The second kappa shape index (κ2) is 6.15. The first-order chi connectivity index (χ1) is 9.57. The Morgan fingerprint density at radius 3 is 2.00 bits per heavy atom. The molecule has 0 unspecified atom stereocenters. The molecular weight excluding hydrogens is 264 g/mol. The third-order valence-electron chi connectivity index (χ3n) is 4.00. The van der Waals surface area contributed by atoms with Gasteiger partial charge in [-0.2, -0.15) is 0 Å². The zero-order chi connectivity index (χ0) is 15.7. The second-order valence-corrected chi connectivity index (χ2v) is 9.20. The molecule has 0 radical (unpaired) electrons. The van der Waals surface area contributed by atoms with Crippen molar-refractivity contribution in [3.8, 4) is 0 Å². The van der Waals surface area contributed by atoms with Crippen molar-refractivity contribution in [1.29, 1.82) is 0 Å². The number of hydrogen-bond acceptors (Lipinski definition) is 4. The van der Waals surface area contributed by atoms with E-state index < -0.39 is 0 Å². The van der Waals surface area contributed by atoms with E-state index in [-0.39, 0.29) is 11.0 Å². The summed E-state index contributed by atoms with van der Waals surface area (Å²) in [5.41, 5.74) is 0.807. The number of hydrogen-bond donors (Lipinski definition) is 0. The van der Waals surface area contributed by atoms with Crippen LogP contribution in [0, 0.1) is 10.8 Å². The van der Waals surface area contributed by atoms with Crippen molar-refractivity contribution in [3.63, 3.8) is 0 Å². The number of ether oxygens (including phenoxy) is 2. The van der Waals surface area contributed by atoms with E-state index in [2.05, 4.69) is 51.3 Å². The lowest BCUT2D eigenvalue weighted by molar-refractivity contribution is -0.170. The van der Waals surface area contributed by atoms with Crippen molar-refractivity contribution in [2.75, 3.05) is 52.7 Å². The maximum atomic E-state index is 5.83. The summed E-state index contributed by atoms with van der Waals surface area (Å²) in [6.45, 7) is 21.4. The van der Waals surface area contributed by atoms with Crippen LogP contribution in [0.25, 0.3) is 0 Å². The van der Waals surface area contributed by atoms with Crippen LogP contribution in [0.15, 0.2) is 0 Å². The standard InChI is InChI=1S/C17H34N2O2/c1-15(2,3)13-20-8-7-18-9-17(10-18)11-19(12-17)14-21-16(4,5)6/h7-14H2,1-6H3. The van der Waals surface area contributed by atoms with Crippen LogP contribution in [-0.4, -0.2) is 68.1 Å². The molecule has 0 aliphatic carbocycles. The Hall–Kier alpha value is -0.160. The van der Waals surface area contributed by atoms with E-state index in [0.717, 1.165) is 26.5 Å². The zero-order valence-corrected chi connectivity index (χ0v) is 14.9. The van der Waals surface area contributed by atoms with Gasteiger partial charge in [0.2, 0.25) is 0 Å². The fraction of sp³-hybridized carbons (Fsp3) is 1.00. The minimum atomic E-state index is -0.0290. The average Bonchev–Trinajstić information content (AvgIpc) is 2.19. The normalized spacial score (nSPS) is 23.1. The van der Waals surface area contributed by atoms with Gasteiger partial charge in [-0.25, -0.2) is 0 Å². The van der Waals surface area contributed by atoms with Gasteiger partial charge in [0.15, 0.2) is 0 Å². The van der Waals surface area contributed by atoms with Crippen LogP contribution >= 0.6 is 0 Å². The molecule has 0 atom stereocenters. The van der Waals surface area contributed by atoms with Crippen molar-refractivity contribution in [2.24, 2.45) is 10.8 Å². The van der Waals surface area contributed by atoms with E-state index in [0.29, 0.717) is 5.41 Å². The van der Waals surface area contributed by atoms with Crippen molar-refractivity contribution < 1.29 is 9.47 Å². The van der Waals surface area contributed by atoms with Gasteiger partial charge >= 0.3 is 0 Å². The molecule has 124 valence electrons. The largest absolute Gasteiger partial charge is 0.380 e. The second-order valence-electron chi connectivity index (χ2n) is 9.20. The van der Waals surface area contributed by atoms with Crippen LogP contribution in [0.2, 0.25) is 0 Å². The summed E-state index contributed by atoms with van der Waals surface area (Å²) in [6, 6.07) is 0. The molecule has 0 aromatic rings. The van der Waals surface area contributed by atoms with Gasteiger partial charge in [0, 0.05) is 38.1 Å². The Balaban J connectivity index is 1.51. The number of likely N-dealkylation sites (tertiary alicyclic amines) is 2. The molecule has 0 aromatic carbocycles. The highest BCUT2D eigenvalue weighted by Crippen LogP contribution is 2.39. The molecule has 2 rings (SSSR count). The molecule has 0 amide bonds. The third-order valence-corrected chi connectivity index (χ3v) is 4.00. The van der Waals surface area contributed by atoms with Crippen molar-refractivity contribution >= 4 is 0 Å². The van der Waals surface area contributed by atoms with Crippen LogP contribution in [0.1, 0.15) is 41.5 Å². The van der Waals surface area contributed by atoms with Gasteiger partial charge in [0.1, 0.15) is 0 Å². The van der Waals surface area contributed by atoms with Crippen molar-refractivity contribution in [3.05, 3.63) is 0 Å². The predicted octanol–water partition coefficient (Wildman–Crippen LogP) is 2.44. The van der Waals surface area contributed by atoms with Crippen LogP contribution in [-0.2, 0) is 9.47 Å². The van der Waals surface area contributed by atoms with Gasteiger partial charge in [0.25, 0.3) is 0 Å². The van der Waals surface area contributed by atoms with Gasteiger partial charge < -0.3 is 9.47 Å². The maximum Gasteiger partial charge on any atom is 0.0997 e. The molecule has 21 heavy (non-hydrogen) atoms. The first-order valence-electron chi connectivity index (χ1n) is 8.24. The fourth-order valence-electron chi connectivity index (χ4n) is 3.11. The van der Waals surface area contributed by atoms with E-state index in [9.17, 15) is 0 Å². The van der Waals surface area contributed by atoms with Gasteiger partial charge in [-0.05, 0) is 26.2 Å². The molecule has 2 saturated heterocycles. The van der Waals surface area contributed by atoms with Gasteiger partial charge in [-0.15, -0.1) is 0 Å². The molecule has 4 nitrogen and oxygen atoms in total. The third kappa shape index (κ3) is 5.51. The molecular formula is C17H34N2O2. The summed E-state index contributed by atoms with van der Waals surface area (Å²) >= 11 is 0. The highest BCUT2D eigenvalue weighted by molar-refractivity contribution is 5.04. The van der Waals surface area contributed by atoms with E-state index >= 15 is 0 Å². The summed E-state index contributed by atoms with van der Waals surface area (Å²) in [7, 11) is 0. The molecule has 2 aliphatic heterocycles. The van der Waals surface area contributed by atoms with Crippen molar-refractivity contribution in [1.82, 2.24) is 9.80 Å². The van der Waals surface area contributed by atoms with E-state index in [1.807, 2.05) is 0 Å². The maximum absolute atomic E-state index is 5.83. The molecule has 0 saturated carbocycles. The predicted molar refractivity (Wildman–Crippen MR) is 86.4 cm³/mol. The van der Waals surface area contributed by atoms with Crippen LogP contribution in [0.4, 0.5) is 0 Å². The Bertz CT molecular complexity index is 330. The Labute approximate surface area is 130 Å². The number of nitrogens with zero attached hydrogens (tertiary/aromatic N) is 2. The molecule has 2 aliphatic rings. The molecule has 4 heteroatoms. The van der Waals surface area contributed by atoms with Gasteiger partial charge in [0.05, 0.1) is 25.5 Å². The zero-order valence-electron chi connectivity index (χ0n) is 14.9. The lowest BCUT2D eigenvalue weighted by Gasteiger charge is -2.60. The van der Waals surface area contributed by atoms with E-state index in [4.69, 9.17) is 9.47 Å². The topological polar surface area (TPSA) is 24.9 Å². The highest BCUT2D eigenvalue weighted by Gasteiger charge is 2.51. The lowest BCUT2D eigenvalue weighted by Crippen LogP contribution is -2.72. The average molecular weight is 298 g/mol. The van der Waals surface area contributed by atoms with Gasteiger partial charge in [-0.1, -0.05) is 20.8 Å². The fourth-order valence-corrected chi connectivity index (χ4v) is 3.11. The number of rotatable bonds is 6. The highest BCUT2D eigenvalue weighted by atomic mass is 16.5. The van der Waals surface area contributed by atoms with Crippen LogP contribution < -0.4 is 0 Å². The monoisotopic (exact) mass is 298 g/mol. The summed E-state index contributed by atoms with van der Waals surface area (Å²) in [5, 5.41) is 0. The van der Waals surface area contributed by atoms with Gasteiger partial charge in [-0.3, -0.25) is 9.80 Å². The summed E-state index contributed by atoms with van der Waals surface area (Å²) in [5.74, 6) is 0. The molecule has 1 spiro atoms. The molecule has 0 bridgehead atoms. The summed E-state index contributed by atoms with van der Waals surface area (Å²) < 4.78 is 11.6. The molecule has 2 fully saturated rings. The Morgan fingerprint density at radius 1 is 0.905 bits per heavy atom. The minimum Gasteiger partial charge on any atom is -0.380 e. The Kier molecular flexibility index (Phi) is 5.04. The first kappa shape index (κ1) is 17.2.